The van der Waals surface area contributed by atoms with Crippen molar-refractivity contribution in [3.05, 3.63) is 24.0 Å². The number of nitrogens with zero attached hydrogens (tertiary/aromatic N) is 1. The number of carbonyl (C=O) groups is 1. The van der Waals surface area contributed by atoms with E-state index in [1.54, 1.807) is 0 Å². The Kier molecular flexibility index (Phi) is 5.11. The van der Waals surface area contributed by atoms with Crippen LogP contribution in [0.15, 0.2) is 18.2 Å². The summed E-state index contributed by atoms with van der Waals surface area (Å²) in [6.45, 7) is 2.86. The fourth-order valence-electron chi connectivity index (χ4n) is 2.22. The number of halogens is 1. The van der Waals surface area contributed by atoms with Crippen molar-refractivity contribution in [1.29, 1.82) is 0 Å². The molecule has 21 heavy (non-hydrogen) atoms. The maximum Gasteiger partial charge on any atom is 0.238 e. The first kappa shape index (κ1) is 15.7. The zero-order valence-corrected chi connectivity index (χ0v) is 11.9. The molecule has 1 aromatic rings. The summed E-state index contributed by atoms with van der Waals surface area (Å²) in [4.78, 5) is 13.9. The molecular formula is C14H20FN3O3. The molecule has 0 aliphatic carbocycles. The minimum absolute atomic E-state index is 0.0595. The quantitative estimate of drug-likeness (QED) is 0.701. The van der Waals surface area contributed by atoms with E-state index in [-0.39, 0.29) is 36.9 Å². The third-order valence-corrected chi connectivity index (χ3v) is 3.45. The van der Waals surface area contributed by atoms with E-state index in [0.29, 0.717) is 18.8 Å². The summed E-state index contributed by atoms with van der Waals surface area (Å²) in [6, 6.07) is 4.08. The van der Waals surface area contributed by atoms with Gasteiger partial charge in [0.05, 0.1) is 31.5 Å². The second-order valence-corrected chi connectivity index (χ2v) is 5.20. The van der Waals surface area contributed by atoms with Gasteiger partial charge >= 0.3 is 0 Å². The highest BCUT2D eigenvalue weighted by molar-refractivity contribution is 5.92. The number of amides is 1. The second-order valence-electron chi connectivity index (χ2n) is 5.20. The smallest absolute Gasteiger partial charge is 0.238 e. The molecule has 7 heteroatoms. The SMILES string of the molecule is CC1COC(CO)CN1CC(=O)Nc1cc(N)ccc1F. The average Bonchev–Trinajstić information content (AvgIpc) is 2.45. The molecule has 1 saturated heterocycles. The largest absolute Gasteiger partial charge is 0.399 e. The first-order chi connectivity index (χ1) is 9.99. The van der Waals surface area contributed by atoms with Crippen molar-refractivity contribution < 1.29 is 19.0 Å². The van der Waals surface area contributed by atoms with Crippen molar-refractivity contribution in [3.63, 3.8) is 0 Å². The Morgan fingerprint density at radius 3 is 3.10 bits per heavy atom. The Bertz CT molecular complexity index is 512. The van der Waals surface area contributed by atoms with Crippen molar-refractivity contribution in [2.24, 2.45) is 0 Å². The van der Waals surface area contributed by atoms with Crippen LogP contribution in [0.4, 0.5) is 15.8 Å². The van der Waals surface area contributed by atoms with E-state index in [4.69, 9.17) is 15.6 Å². The van der Waals surface area contributed by atoms with Gasteiger partial charge in [-0.15, -0.1) is 0 Å². The highest BCUT2D eigenvalue weighted by atomic mass is 19.1. The highest BCUT2D eigenvalue weighted by Gasteiger charge is 2.27. The standard InChI is InChI=1S/C14H20FN3O3/c1-9-8-21-11(7-19)5-18(9)6-14(20)17-13-4-10(16)2-3-12(13)15/h2-4,9,11,19H,5-8,16H2,1H3,(H,17,20). The fraction of sp³-hybridized carbons (Fsp3) is 0.500. The Morgan fingerprint density at radius 2 is 2.38 bits per heavy atom. The van der Waals surface area contributed by atoms with Gasteiger partial charge in [0.15, 0.2) is 0 Å². The predicted octanol–water partition coefficient (Wildman–Crippen LogP) is 0.428. The molecule has 0 saturated carbocycles. The van der Waals surface area contributed by atoms with E-state index in [1.807, 2.05) is 11.8 Å². The topological polar surface area (TPSA) is 87.8 Å². The molecule has 2 rings (SSSR count). The lowest BCUT2D eigenvalue weighted by molar-refractivity contribution is -0.122. The number of nitrogen functional groups attached to an aromatic ring is 1. The Labute approximate surface area is 122 Å². The van der Waals surface area contributed by atoms with Gasteiger partial charge in [0, 0.05) is 18.3 Å². The summed E-state index contributed by atoms with van der Waals surface area (Å²) >= 11 is 0. The van der Waals surface area contributed by atoms with E-state index < -0.39 is 5.82 Å². The third-order valence-electron chi connectivity index (χ3n) is 3.45. The normalized spacial score (nSPS) is 23.0. The molecule has 2 unspecified atom stereocenters. The van der Waals surface area contributed by atoms with Gasteiger partial charge in [0.25, 0.3) is 0 Å². The van der Waals surface area contributed by atoms with Crippen LogP contribution < -0.4 is 11.1 Å². The molecule has 1 heterocycles. The van der Waals surface area contributed by atoms with E-state index >= 15 is 0 Å². The number of aliphatic hydroxyl groups is 1. The van der Waals surface area contributed by atoms with Crippen LogP contribution in [0.5, 0.6) is 0 Å². The van der Waals surface area contributed by atoms with Crippen LogP contribution in [0, 0.1) is 5.82 Å². The molecule has 4 N–H and O–H groups in total. The van der Waals surface area contributed by atoms with Gasteiger partial charge in [-0.25, -0.2) is 4.39 Å². The maximum atomic E-state index is 13.6. The van der Waals surface area contributed by atoms with Crippen molar-refractivity contribution >= 4 is 17.3 Å². The summed E-state index contributed by atoms with van der Waals surface area (Å²) in [6.07, 6.45) is -0.293. The summed E-state index contributed by atoms with van der Waals surface area (Å²) < 4.78 is 19.0. The van der Waals surface area contributed by atoms with Crippen molar-refractivity contribution in [1.82, 2.24) is 4.90 Å². The lowest BCUT2D eigenvalue weighted by atomic mass is 10.2. The first-order valence-electron chi connectivity index (χ1n) is 6.81. The molecule has 0 bridgehead atoms. The average molecular weight is 297 g/mol. The lowest BCUT2D eigenvalue weighted by Gasteiger charge is -2.36. The fourth-order valence-corrected chi connectivity index (χ4v) is 2.22. The van der Waals surface area contributed by atoms with Crippen LogP contribution in [-0.2, 0) is 9.53 Å². The molecule has 2 atom stereocenters. The molecular weight excluding hydrogens is 277 g/mol. The molecule has 0 radical (unpaired) electrons. The number of anilines is 2. The van der Waals surface area contributed by atoms with Crippen LogP contribution in [0.2, 0.25) is 0 Å². The number of morpholine rings is 1. The first-order valence-corrected chi connectivity index (χ1v) is 6.81. The summed E-state index contributed by atoms with van der Waals surface area (Å²) in [5.74, 6) is -0.856. The number of aliphatic hydroxyl groups excluding tert-OH is 1. The van der Waals surface area contributed by atoms with Gasteiger partial charge in [0.1, 0.15) is 5.82 Å². The molecule has 6 nitrogen and oxygen atoms in total. The molecule has 0 aromatic heterocycles. The number of carbonyl (C=O) groups excluding carboxylic acids is 1. The Morgan fingerprint density at radius 1 is 1.62 bits per heavy atom. The molecule has 1 amide bonds. The van der Waals surface area contributed by atoms with Crippen LogP contribution >= 0.6 is 0 Å². The van der Waals surface area contributed by atoms with E-state index in [9.17, 15) is 9.18 Å². The number of benzene rings is 1. The van der Waals surface area contributed by atoms with Gasteiger partial charge in [-0.05, 0) is 25.1 Å². The second kappa shape index (κ2) is 6.84. The molecule has 1 aromatic carbocycles. The summed E-state index contributed by atoms with van der Waals surface area (Å²) in [5, 5.41) is 11.6. The number of ether oxygens (including phenoxy) is 1. The maximum absolute atomic E-state index is 13.6. The van der Waals surface area contributed by atoms with Gasteiger partial charge in [-0.1, -0.05) is 0 Å². The van der Waals surface area contributed by atoms with Crippen molar-refractivity contribution in [3.8, 4) is 0 Å². The van der Waals surface area contributed by atoms with Crippen molar-refractivity contribution in [2.75, 3.05) is 37.4 Å². The molecule has 1 fully saturated rings. The zero-order valence-electron chi connectivity index (χ0n) is 11.9. The van der Waals surface area contributed by atoms with Gasteiger partial charge < -0.3 is 20.9 Å². The number of nitrogens with two attached hydrogens (primary N) is 1. The number of nitrogens with one attached hydrogen (secondary N) is 1. The zero-order chi connectivity index (χ0) is 15.4. The van der Waals surface area contributed by atoms with E-state index in [1.165, 1.54) is 18.2 Å². The van der Waals surface area contributed by atoms with E-state index in [0.717, 1.165) is 0 Å². The lowest BCUT2D eigenvalue weighted by Crippen LogP contribution is -2.51. The summed E-state index contributed by atoms with van der Waals surface area (Å²) in [7, 11) is 0. The number of rotatable bonds is 4. The number of hydrogen-bond acceptors (Lipinski definition) is 5. The molecule has 0 spiro atoms. The van der Waals surface area contributed by atoms with Gasteiger partial charge in [-0.2, -0.15) is 0 Å². The van der Waals surface area contributed by atoms with Crippen LogP contribution in [0.3, 0.4) is 0 Å². The molecule has 1 aliphatic rings. The minimum Gasteiger partial charge on any atom is -0.399 e. The van der Waals surface area contributed by atoms with Gasteiger partial charge in [-0.3, -0.25) is 9.69 Å². The minimum atomic E-state index is -0.527. The van der Waals surface area contributed by atoms with Gasteiger partial charge in [0.2, 0.25) is 5.91 Å². The molecule has 116 valence electrons. The summed E-state index contributed by atoms with van der Waals surface area (Å²) in [5.41, 5.74) is 6.02. The van der Waals surface area contributed by atoms with Crippen LogP contribution in [-0.4, -0.2) is 54.4 Å². The predicted molar refractivity (Wildman–Crippen MR) is 77.3 cm³/mol. The van der Waals surface area contributed by atoms with Crippen molar-refractivity contribution in [2.45, 2.75) is 19.1 Å². The Balaban J connectivity index is 1.96. The number of hydrogen-bond donors (Lipinski definition) is 3. The highest BCUT2D eigenvalue weighted by Crippen LogP contribution is 2.18. The van der Waals surface area contributed by atoms with E-state index in [2.05, 4.69) is 5.32 Å². The van der Waals surface area contributed by atoms with Crippen LogP contribution in [0.1, 0.15) is 6.92 Å². The van der Waals surface area contributed by atoms with Crippen LogP contribution in [0.25, 0.3) is 0 Å². The monoisotopic (exact) mass is 297 g/mol. The Hall–Kier alpha value is -1.70. The molecule has 1 aliphatic heterocycles. The third kappa shape index (κ3) is 4.13.